The smallest absolute Gasteiger partial charge is 0.102 e. The molecule has 0 saturated carbocycles. The number of benzene rings is 1. The Labute approximate surface area is 126 Å². The molecule has 21 heavy (non-hydrogen) atoms. The zero-order valence-corrected chi connectivity index (χ0v) is 12.6. The lowest BCUT2D eigenvalue weighted by Crippen LogP contribution is -2.21. The maximum Gasteiger partial charge on any atom is 0.102 e. The summed E-state index contributed by atoms with van der Waals surface area (Å²) in [6.45, 7) is 5.62. The van der Waals surface area contributed by atoms with Gasteiger partial charge < -0.3 is 10.1 Å². The fourth-order valence-corrected chi connectivity index (χ4v) is 2.79. The van der Waals surface area contributed by atoms with Crippen molar-refractivity contribution in [1.82, 2.24) is 15.1 Å². The second-order valence-electron chi connectivity index (χ2n) is 5.51. The van der Waals surface area contributed by atoms with Crippen LogP contribution in [0.2, 0.25) is 0 Å². The molecule has 1 aromatic carbocycles. The van der Waals surface area contributed by atoms with Crippen LogP contribution in [-0.2, 0) is 24.2 Å². The Hall–Kier alpha value is -1.65. The summed E-state index contributed by atoms with van der Waals surface area (Å²) in [5.41, 5.74) is 3.81. The highest BCUT2D eigenvalue weighted by Gasteiger charge is 2.20. The van der Waals surface area contributed by atoms with Crippen molar-refractivity contribution in [3.8, 4) is 0 Å². The average Bonchev–Trinajstić information content (AvgIpc) is 2.96. The standard InChI is InChI=1S/C17H23N3O/c1-2-9-18-12-15-7-10-20(19-15)13-17-16-6-4-3-5-14(16)8-11-21-17/h3-7,10,17-18H,2,8-9,11-13H2,1H3. The topological polar surface area (TPSA) is 39.1 Å². The SMILES string of the molecule is CCCNCc1ccn(CC2OCCc3ccccc32)n1. The van der Waals surface area contributed by atoms with Crippen molar-refractivity contribution < 1.29 is 4.74 Å². The minimum absolute atomic E-state index is 0.117. The van der Waals surface area contributed by atoms with Crippen LogP contribution in [0.4, 0.5) is 0 Å². The molecule has 4 nitrogen and oxygen atoms in total. The number of ether oxygens (including phenoxy) is 1. The lowest BCUT2D eigenvalue weighted by atomic mass is 9.98. The van der Waals surface area contributed by atoms with Crippen LogP contribution in [0.3, 0.4) is 0 Å². The number of nitrogens with zero attached hydrogens (tertiary/aromatic N) is 2. The van der Waals surface area contributed by atoms with Gasteiger partial charge in [-0.1, -0.05) is 31.2 Å². The number of fused-ring (bicyclic) bond motifs is 1. The first-order valence-corrected chi connectivity index (χ1v) is 7.79. The van der Waals surface area contributed by atoms with Crippen molar-refractivity contribution in [3.05, 3.63) is 53.3 Å². The molecule has 1 N–H and O–H groups in total. The molecule has 0 amide bonds. The molecule has 1 aliphatic rings. The zero-order chi connectivity index (χ0) is 14.5. The van der Waals surface area contributed by atoms with Crippen LogP contribution in [0.15, 0.2) is 36.5 Å². The number of aromatic nitrogens is 2. The molecule has 0 aliphatic carbocycles. The average molecular weight is 285 g/mol. The van der Waals surface area contributed by atoms with Crippen LogP contribution >= 0.6 is 0 Å². The maximum absolute atomic E-state index is 5.94. The summed E-state index contributed by atoms with van der Waals surface area (Å²) in [5, 5.41) is 8.00. The Bertz CT molecular complexity index is 579. The summed E-state index contributed by atoms with van der Waals surface area (Å²) in [4.78, 5) is 0. The lowest BCUT2D eigenvalue weighted by molar-refractivity contribution is 0.0282. The Morgan fingerprint density at radius 2 is 2.24 bits per heavy atom. The van der Waals surface area contributed by atoms with E-state index >= 15 is 0 Å². The molecule has 2 heterocycles. The van der Waals surface area contributed by atoms with E-state index in [0.717, 1.165) is 44.8 Å². The van der Waals surface area contributed by atoms with Gasteiger partial charge >= 0.3 is 0 Å². The van der Waals surface area contributed by atoms with Crippen molar-refractivity contribution >= 4 is 0 Å². The molecule has 1 aromatic heterocycles. The summed E-state index contributed by atoms with van der Waals surface area (Å²) in [6.07, 6.45) is 4.32. The van der Waals surface area contributed by atoms with Crippen LogP contribution in [0.5, 0.6) is 0 Å². The van der Waals surface area contributed by atoms with E-state index < -0.39 is 0 Å². The van der Waals surface area contributed by atoms with Gasteiger partial charge in [0.15, 0.2) is 0 Å². The molecule has 4 heteroatoms. The van der Waals surface area contributed by atoms with Gasteiger partial charge in [-0.05, 0) is 36.6 Å². The van der Waals surface area contributed by atoms with Crippen molar-refractivity contribution in [3.63, 3.8) is 0 Å². The van der Waals surface area contributed by atoms with Crippen LogP contribution in [-0.4, -0.2) is 22.9 Å². The molecule has 0 saturated heterocycles. The molecular formula is C17H23N3O. The largest absolute Gasteiger partial charge is 0.371 e. The third-order valence-corrected chi connectivity index (χ3v) is 3.87. The first-order valence-electron chi connectivity index (χ1n) is 7.79. The Morgan fingerprint density at radius 1 is 1.33 bits per heavy atom. The molecule has 3 rings (SSSR count). The van der Waals surface area contributed by atoms with Crippen molar-refractivity contribution in [2.45, 2.75) is 39.0 Å². The molecule has 0 radical (unpaired) electrons. The highest BCUT2D eigenvalue weighted by atomic mass is 16.5. The first-order chi connectivity index (χ1) is 10.4. The van der Waals surface area contributed by atoms with Gasteiger partial charge in [-0.3, -0.25) is 4.68 Å². The Balaban J connectivity index is 1.65. The van der Waals surface area contributed by atoms with Crippen molar-refractivity contribution in [2.75, 3.05) is 13.2 Å². The monoisotopic (exact) mass is 285 g/mol. The van der Waals surface area contributed by atoms with E-state index in [2.05, 4.69) is 47.7 Å². The minimum atomic E-state index is 0.117. The van der Waals surface area contributed by atoms with E-state index in [-0.39, 0.29) is 6.10 Å². The third kappa shape index (κ3) is 3.52. The van der Waals surface area contributed by atoms with Crippen molar-refractivity contribution in [2.24, 2.45) is 0 Å². The molecule has 0 fully saturated rings. The van der Waals surface area contributed by atoms with Crippen LogP contribution in [0.25, 0.3) is 0 Å². The van der Waals surface area contributed by atoms with Crippen molar-refractivity contribution in [1.29, 1.82) is 0 Å². The third-order valence-electron chi connectivity index (χ3n) is 3.87. The molecule has 112 valence electrons. The van der Waals surface area contributed by atoms with Gasteiger partial charge in [0.05, 0.1) is 18.8 Å². The van der Waals surface area contributed by atoms with Crippen LogP contribution < -0.4 is 5.32 Å². The second-order valence-corrected chi connectivity index (χ2v) is 5.51. The number of hydrogen-bond donors (Lipinski definition) is 1. The van der Waals surface area contributed by atoms with Gasteiger partial charge in [0.2, 0.25) is 0 Å². The van der Waals surface area contributed by atoms with Crippen LogP contribution in [0.1, 0.15) is 36.3 Å². The van der Waals surface area contributed by atoms with E-state index in [1.54, 1.807) is 0 Å². The second kappa shape index (κ2) is 6.87. The quantitative estimate of drug-likeness (QED) is 0.829. The van der Waals surface area contributed by atoms with E-state index in [0.29, 0.717) is 0 Å². The normalized spacial score (nSPS) is 17.7. The fraction of sp³-hybridized carbons (Fsp3) is 0.471. The first kappa shape index (κ1) is 14.3. The molecule has 0 bridgehead atoms. The fourth-order valence-electron chi connectivity index (χ4n) is 2.79. The summed E-state index contributed by atoms with van der Waals surface area (Å²) in [7, 11) is 0. The van der Waals surface area contributed by atoms with Gasteiger partial charge in [-0.15, -0.1) is 0 Å². The predicted molar refractivity (Wildman–Crippen MR) is 83.1 cm³/mol. The molecule has 2 aromatic rings. The van der Waals surface area contributed by atoms with Gasteiger partial charge in [-0.25, -0.2) is 0 Å². The lowest BCUT2D eigenvalue weighted by Gasteiger charge is -2.25. The van der Waals surface area contributed by atoms with Gasteiger partial charge in [0, 0.05) is 12.7 Å². The predicted octanol–water partition coefficient (Wildman–Crippen LogP) is 2.70. The molecule has 1 unspecified atom stereocenters. The minimum Gasteiger partial charge on any atom is -0.371 e. The van der Waals surface area contributed by atoms with E-state index in [1.165, 1.54) is 11.1 Å². The number of rotatable bonds is 6. The molecule has 1 aliphatic heterocycles. The van der Waals surface area contributed by atoms with E-state index in [9.17, 15) is 0 Å². The summed E-state index contributed by atoms with van der Waals surface area (Å²) >= 11 is 0. The van der Waals surface area contributed by atoms with E-state index in [1.807, 2.05) is 10.9 Å². The highest BCUT2D eigenvalue weighted by Crippen LogP contribution is 2.27. The Kier molecular flexibility index (Phi) is 4.68. The van der Waals surface area contributed by atoms with E-state index in [4.69, 9.17) is 4.74 Å². The zero-order valence-electron chi connectivity index (χ0n) is 12.6. The number of hydrogen-bond acceptors (Lipinski definition) is 3. The maximum atomic E-state index is 5.94. The molecular weight excluding hydrogens is 262 g/mol. The van der Waals surface area contributed by atoms with Gasteiger partial charge in [0.25, 0.3) is 0 Å². The molecule has 1 atom stereocenters. The summed E-state index contributed by atoms with van der Waals surface area (Å²) < 4.78 is 7.94. The summed E-state index contributed by atoms with van der Waals surface area (Å²) in [6, 6.07) is 10.6. The Morgan fingerprint density at radius 3 is 3.14 bits per heavy atom. The number of nitrogens with one attached hydrogen (secondary N) is 1. The molecule has 0 spiro atoms. The van der Waals surface area contributed by atoms with Gasteiger partial charge in [-0.2, -0.15) is 5.10 Å². The van der Waals surface area contributed by atoms with Gasteiger partial charge in [0.1, 0.15) is 6.10 Å². The van der Waals surface area contributed by atoms with Crippen LogP contribution in [0, 0.1) is 0 Å². The highest BCUT2D eigenvalue weighted by molar-refractivity contribution is 5.30. The summed E-state index contributed by atoms with van der Waals surface area (Å²) in [5.74, 6) is 0.